The van der Waals surface area contributed by atoms with Crippen molar-refractivity contribution in [3.8, 4) is 22.8 Å². The van der Waals surface area contributed by atoms with Crippen LogP contribution in [0.4, 0.5) is 5.69 Å². The number of carbonyl (C=O) groups is 1. The van der Waals surface area contributed by atoms with Crippen LogP contribution < -0.4 is 5.32 Å². The molecule has 2 aromatic heterocycles. The fraction of sp³-hybridized carbons (Fsp3) is 0.0370. The van der Waals surface area contributed by atoms with Crippen LogP contribution in [0.2, 0.25) is 10.0 Å². The highest BCUT2D eigenvalue weighted by molar-refractivity contribution is 6.35. The van der Waals surface area contributed by atoms with E-state index in [2.05, 4.69) is 10.3 Å². The van der Waals surface area contributed by atoms with Crippen molar-refractivity contribution in [2.75, 3.05) is 5.32 Å². The monoisotopic (exact) mass is 488 g/mol. The summed E-state index contributed by atoms with van der Waals surface area (Å²) in [4.78, 5) is 17.0. The maximum atomic E-state index is 12.4. The number of aryl methyl sites for hydroxylation is 1. The summed E-state index contributed by atoms with van der Waals surface area (Å²) in [5.41, 5.74) is 4.74. The van der Waals surface area contributed by atoms with Gasteiger partial charge in [0.15, 0.2) is 5.58 Å². The van der Waals surface area contributed by atoms with Crippen LogP contribution in [0, 0.1) is 6.92 Å². The van der Waals surface area contributed by atoms with Crippen molar-refractivity contribution in [3.63, 3.8) is 0 Å². The second-order valence-corrected chi connectivity index (χ2v) is 8.62. The highest BCUT2D eigenvalue weighted by Gasteiger charge is 2.10. The van der Waals surface area contributed by atoms with Gasteiger partial charge in [0.05, 0.1) is 0 Å². The SMILES string of the molecule is Cc1ccc(-c2nc3cc(NC(=O)/C=C/c4ccc(-c5cc(Cl)cc(Cl)c5)o4)ccc3o2)cc1. The van der Waals surface area contributed by atoms with Crippen molar-refractivity contribution in [2.24, 2.45) is 0 Å². The molecule has 0 atom stereocenters. The van der Waals surface area contributed by atoms with Gasteiger partial charge in [-0.3, -0.25) is 4.79 Å². The average molecular weight is 489 g/mol. The zero-order chi connectivity index (χ0) is 23.7. The minimum atomic E-state index is -0.301. The second-order valence-electron chi connectivity index (χ2n) is 7.75. The first-order chi connectivity index (χ1) is 16.4. The number of hydrogen-bond acceptors (Lipinski definition) is 4. The molecule has 0 radical (unpaired) electrons. The first-order valence-electron chi connectivity index (χ1n) is 10.5. The van der Waals surface area contributed by atoms with E-state index in [-0.39, 0.29) is 5.91 Å². The van der Waals surface area contributed by atoms with E-state index in [1.165, 1.54) is 6.08 Å². The summed E-state index contributed by atoms with van der Waals surface area (Å²) in [6.07, 6.45) is 2.99. The number of benzene rings is 3. The Balaban J connectivity index is 1.28. The summed E-state index contributed by atoms with van der Waals surface area (Å²) >= 11 is 12.1. The Hall–Kier alpha value is -3.80. The van der Waals surface area contributed by atoms with Crippen LogP contribution in [0.1, 0.15) is 11.3 Å². The molecule has 3 aromatic carbocycles. The number of nitrogens with one attached hydrogen (secondary N) is 1. The molecule has 5 nitrogen and oxygen atoms in total. The molecule has 34 heavy (non-hydrogen) atoms. The van der Waals surface area contributed by atoms with E-state index in [1.807, 2.05) is 31.2 Å². The van der Waals surface area contributed by atoms with Gasteiger partial charge < -0.3 is 14.2 Å². The van der Waals surface area contributed by atoms with Crippen molar-refractivity contribution >= 4 is 52.0 Å². The number of fused-ring (bicyclic) bond motifs is 1. The number of rotatable bonds is 5. The minimum Gasteiger partial charge on any atom is -0.457 e. The first-order valence-corrected chi connectivity index (χ1v) is 11.2. The van der Waals surface area contributed by atoms with Crippen LogP contribution in [-0.4, -0.2) is 10.9 Å². The van der Waals surface area contributed by atoms with Crippen molar-refractivity contribution in [2.45, 2.75) is 6.92 Å². The summed E-state index contributed by atoms with van der Waals surface area (Å²) in [5.74, 6) is 1.36. The highest BCUT2D eigenvalue weighted by Crippen LogP contribution is 2.29. The molecule has 0 fully saturated rings. The molecule has 0 aliphatic carbocycles. The maximum absolute atomic E-state index is 12.4. The molecule has 2 heterocycles. The standard InChI is InChI=1S/C27H18Cl2N2O3/c1-16-2-4-17(5-3-16)27-31-23-15-21(6-9-25(23)34-27)30-26(32)11-8-22-7-10-24(33-22)18-12-19(28)14-20(29)13-18/h2-15H,1H3,(H,30,32)/b11-8+. The predicted octanol–water partition coefficient (Wildman–Crippen LogP) is 8.02. The van der Waals surface area contributed by atoms with Gasteiger partial charge in [-0.05, 0) is 73.7 Å². The summed E-state index contributed by atoms with van der Waals surface area (Å²) in [6, 6.07) is 22.0. The van der Waals surface area contributed by atoms with Gasteiger partial charge >= 0.3 is 0 Å². The van der Waals surface area contributed by atoms with Gasteiger partial charge in [-0.25, -0.2) is 4.98 Å². The quantitative estimate of drug-likeness (QED) is 0.254. The third kappa shape index (κ3) is 4.91. The maximum Gasteiger partial charge on any atom is 0.248 e. The Bertz CT molecular complexity index is 1510. The lowest BCUT2D eigenvalue weighted by atomic mass is 10.1. The molecule has 5 rings (SSSR count). The molecule has 1 amide bonds. The summed E-state index contributed by atoms with van der Waals surface area (Å²) in [7, 11) is 0. The van der Waals surface area contributed by atoms with E-state index in [9.17, 15) is 4.79 Å². The van der Waals surface area contributed by atoms with Crippen molar-refractivity contribution in [1.29, 1.82) is 0 Å². The topological polar surface area (TPSA) is 68.3 Å². The summed E-state index contributed by atoms with van der Waals surface area (Å²) in [5, 5.41) is 3.87. The molecule has 0 spiro atoms. The number of carbonyl (C=O) groups excluding carboxylic acids is 1. The van der Waals surface area contributed by atoms with Crippen LogP contribution in [0.15, 0.2) is 87.7 Å². The van der Waals surface area contributed by atoms with Crippen molar-refractivity contribution < 1.29 is 13.6 Å². The normalized spacial score (nSPS) is 11.4. The van der Waals surface area contributed by atoms with Gasteiger partial charge in [0.1, 0.15) is 17.0 Å². The fourth-order valence-electron chi connectivity index (χ4n) is 3.46. The van der Waals surface area contributed by atoms with Crippen LogP contribution in [0.5, 0.6) is 0 Å². The second kappa shape index (κ2) is 9.21. The van der Waals surface area contributed by atoms with Crippen LogP contribution in [-0.2, 0) is 4.79 Å². The van der Waals surface area contributed by atoms with Gasteiger partial charge in [-0.15, -0.1) is 0 Å². The van der Waals surface area contributed by atoms with Crippen LogP contribution in [0.25, 0.3) is 40.0 Å². The zero-order valence-electron chi connectivity index (χ0n) is 18.0. The number of furan rings is 1. The average Bonchev–Trinajstić information content (AvgIpc) is 3.44. The largest absolute Gasteiger partial charge is 0.457 e. The number of aromatic nitrogens is 1. The summed E-state index contributed by atoms with van der Waals surface area (Å²) in [6.45, 7) is 2.03. The number of oxazole rings is 1. The Morgan fingerprint density at radius 3 is 2.41 bits per heavy atom. The third-order valence-electron chi connectivity index (χ3n) is 5.13. The lowest BCUT2D eigenvalue weighted by molar-refractivity contribution is -0.111. The van der Waals surface area contributed by atoms with E-state index in [0.29, 0.717) is 44.2 Å². The predicted molar refractivity (Wildman–Crippen MR) is 136 cm³/mol. The number of amides is 1. The molecular formula is C27H18Cl2N2O3. The Kier molecular flexibility index (Phi) is 5.97. The highest BCUT2D eigenvalue weighted by atomic mass is 35.5. The molecule has 0 unspecified atom stereocenters. The first kappa shape index (κ1) is 22.0. The number of nitrogens with zero attached hydrogens (tertiary/aromatic N) is 1. The number of anilines is 1. The smallest absolute Gasteiger partial charge is 0.248 e. The number of halogens is 2. The van der Waals surface area contributed by atoms with E-state index in [0.717, 1.165) is 16.7 Å². The van der Waals surface area contributed by atoms with E-state index >= 15 is 0 Å². The molecule has 7 heteroatoms. The van der Waals surface area contributed by atoms with E-state index in [1.54, 1.807) is 54.6 Å². The Labute approximate surface area is 205 Å². The molecule has 1 N–H and O–H groups in total. The molecule has 5 aromatic rings. The zero-order valence-corrected chi connectivity index (χ0v) is 19.5. The van der Waals surface area contributed by atoms with E-state index in [4.69, 9.17) is 32.0 Å². The van der Waals surface area contributed by atoms with Gasteiger partial charge in [0.25, 0.3) is 0 Å². The molecule has 0 aliphatic heterocycles. The third-order valence-corrected chi connectivity index (χ3v) is 5.56. The van der Waals surface area contributed by atoms with Crippen molar-refractivity contribution in [1.82, 2.24) is 4.98 Å². The lowest BCUT2D eigenvalue weighted by Gasteiger charge is -2.01. The molecule has 0 aliphatic rings. The Morgan fingerprint density at radius 1 is 0.882 bits per heavy atom. The van der Waals surface area contributed by atoms with Crippen LogP contribution >= 0.6 is 23.2 Å². The fourth-order valence-corrected chi connectivity index (χ4v) is 3.99. The van der Waals surface area contributed by atoms with Gasteiger partial charge in [-0.1, -0.05) is 40.9 Å². The molecule has 0 saturated carbocycles. The van der Waals surface area contributed by atoms with E-state index < -0.39 is 0 Å². The Morgan fingerprint density at radius 2 is 1.65 bits per heavy atom. The molecular weight excluding hydrogens is 471 g/mol. The summed E-state index contributed by atoms with van der Waals surface area (Å²) < 4.78 is 11.6. The van der Waals surface area contributed by atoms with Gasteiger partial charge in [-0.2, -0.15) is 0 Å². The van der Waals surface area contributed by atoms with Gasteiger partial charge in [0, 0.05) is 32.9 Å². The molecule has 0 bridgehead atoms. The lowest BCUT2D eigenvalue weighted by Crippen LogP contribution is -2.07. The molecule has 168 valence electrons. The van der Waals surface area contributed by atoms with Crippen LogP contribution in [0.3, 0.4) is 0 Å². The number of hydrogen-bond donors (Lipinski definition) is 1. The van der Waals surface area contributed by atoms with Gasteiger partial charge in [0.2, 0.25) is 11.8 Å². The van der Waals surface area contributed by atoms with Crippen molar-refractivity contribution in [3.05, 3.63) is 100 Å². The minimum absolute atomic E-state index is 0.301. The molecule has 0 saturated heterocycles.